The summed E-state index contributed by atoms with van der Waals surface area (Å²) in [6.45, 7) is 1.55. The van der Waals surface area contributed by atoms with E-state index in [0.717, 1.165) is 19.4 Å². The molecule has 0 aliphatic carbocycles. The first kappa shape index (κ1) is 12.8. The van der Waals surface area contributed by atoms with E-state index in [1.807, 2.05) is 14.1 Å². The third-order valence-corrected chi connectivity index (χ3v) is 2.80. The Hall–Kier alpha value is -1.63. The molecule has 1 unspecified atom stereocenters. The molecule has 0 aromatic carbocycles. The third kappa shape index (κ3) is 3.43. The molecule has 1 saturated heterocycles. The summed E-state index contributed by atoms with van der Waals surface area (Å²) >= 11 is 0. The second-order valence-electron chi connectivity index (χ2n) is 4.58. The van der Waals surface area contributed by atoms with Crippen LogP contribution in [-0.4, -0.2) is 48.3 Å². The van der Waals surface area contributed by atoms with Gasteiger partial charge >= 0.3 is 0 Å². The molecule has 0 radical (unpaired) electrons. The van der Waals surface area contributed by atoms with Crippen molar-refractivity contribution in [3.05, 3.63) is 0 Å². The van der Waals surface area contributed by atoms with Gasteiger partial charge in [0, 0.05) is 27.2 Å². The monoisotopic (exact) mass is 252 g/mol. The molecule has 3 N–H and O–H groups in total. The number of aromatic nitrogens is 3. The smallest absolute Gasteiger partial charge is 0.231 e. The van der Waals surface area contributed by atoms with Crippen LogP contribution < -0.4 is 16.0 Å². The summed E-state index contributed by atoms with van der Waals surface area (Å²) in [4.78, 5) is 14.2. The van der Waals surface area contributed by atoms with E-state index in [9.17, 15) is 0 Å². The molecule has 7 heteroatoms. The minimum Gasteiger partial charge on any atom is -0.376 e. The molecular formula is C11H20N6O. The highest BCUT2D eigenvalue weighted by molar-refractivity contribution is 5.40. The Morgan fingerprint density at radius 2 is 2.17 bits per heavy atom. The van der Waals surface area contributed by atoms with Gasteiger partial charge in [0.1, 0.15) is 0 Å². The lowest BCUT2D eigenvalue weighted by molar-refractivity contribution is 0.0246. The second kappa shape index (κ2) is 5.81. The van der Waals surface area contributed by atoms with E-state index in [1.54, 1.807) is 4.90 Å². The van der Waals surface area contributed by atoms with Crippen molar-refractivity contribution in [2.24, 2.45) is 0 Å². The van der Waals surface area contributed by atoms with Gasteiger partial charge in [0.15, 0.2) is 0 Å². The van der Waals surface area contributed by atoms with Gasteiger partial charge in [-0.05, 0) is 19.3 Å². The molecule has 1 aliphatic rings. The van der Waals surface area contributed by atoms with E-state index in [2.05, 4.69) is 20.3 Å². The Morgan fingerprint density at radius 3 is 2.83 bits per heavy atom. The molecule has 1 fully saturated rings. The Balaban J connectivity index is 1.95. The topological polar surface area (TPSA) is 89.2 Å². The minimum atomic E-state index is 0.223. The van der Waals surface area contributed by atoms with Crippen LogP contribution >= 0.6 is 0 Å². The summed E-state index contributed by atoms with van der Waals surface area (Å²) in [5.74, 6) is 1.27. The molecule has 0 saturated carbocycles. The van der Waals surface area contributed by atoms with Crippen LogP contribution in [0.4, 0.5) is 17.8 Å². The molecular weight excluding hydrogens is 232 g/mol. The summed E-state index contributed by atoms with van der Waals surface area (Å²) in [5.41, 5.74) is 5.65. The van der Waals surface area contributed by atoms with Crippen LogP contribution in [0.2, 0.25) is 0 Å². The van der Waals surface area contributed by atoms with Gasteiger partial charge in [0.2, 0.25) is 17.8 Å². The summed E-state index contributed by atoms with van der Waals surface area (Å²) < 4.78 is 5.63. The first-order valence-electron chi connectivity index (χ1n) is 6.19. The van der Waals surface area contributed by atoms with Gasteiger partial charge in [-0.25, -0.2) is 0 Å². The first-order chi connectivity index (χ1) is 8.65. The van der Waals surface area contributed by atoms with Crippen LogP contribution in [0.5, 0.6) is 0 Å². The fraction of sp³-hybridized carbons (Fsp3) is 0.727. The Kier molecular flexibility index (Phi) is 4.14. The molecule has 1 aliphatic heterocycles. The number of hydrogen-bond acceptors (Lipinski definition) is 7. The van der Waals surface area contributed by atoms with Crippen LogP contribution in [0.3, 0.4) is 0 Å². The number of nitrogens with one attached hydrogen (secondary N) is 1. The summed E-state index contributed by atoms with van der Waals surface area (Å²) in [6, 6.07) is 0. The molecule has 7 nitrogen and oxygen atoms in total. The van der Waals surface area contributed by atoms with Crippen LogP contribution in [0, 0.1) is 0 Å². The van der Waals surface area contributed by atoms with Gasteiger partial charge < -0.3 is 20.7 Å². The van der Waals surface area contributed by atoms with Crippen LogP contribution in [0.15, 0.2) is 0 Å². The molecule has 0 bridgehead atoms. The largest absolute Gasteiger partial charge is 0.376 e. The van der Waals surface area contributed by atoms with Gasteiger partial charge in [-0.1, -0.05) is 0 Å². The fourth-order valence-electron chi connectivity index (χ4n) is 1.83. The van der Waals surface area contributed by atoms with Crippen molar-refractivity contribution in [2.45, 2.75) is 25.4 Å². The van der Waals surface area contributed by atoms with Crippen molar-refractivity contribution in [3.8, 4) is 0 Å². The number of nitrogen functional groups attached to an aromatic ring is 1. The fourth-order valence-corrected chi connectivity index (χ4v) is 1.83. The molecule has 1 aromatic heterocycles. The highest BCUT2D eigenvalue weighted by atomic mass is 16.5. The van der Waals surface area contributed by atoms with E-state index in [0.29, 0.717) is 18.4 Å². The molecule has 1 aromatic rings. The predicted molar refractivity (Wildman–Crippen MR) is 70.6 cm³/mol. The van der Waals surface area contributed by atoms with E-state index in [4.69, 9.17) is 10.5 Å². The molecule has 0 spiro atoms. The molecule has 100 valence electrons. The van der Waals surface area contributed by atoms with E-state index in [-0.39, 0.29) is 12.1 Å². The standard InChI is InChI=1S/C11H20N6O/c1-17(2)11-15-9(12)14-10(16-11)13-7-8-5-3-4-6-18-8/h8H,3-7H2,1-2H3,(H3,12,13,14,15,16). The number of ether oxygens (including phenoxy) is 1. The summed E-state index contributed by atoms with van der Waals surface area (Å²) in [7, 11) is 3.73. The van der Waals surface area contributed by atoms with Crippen LogP contribution in [0.1, 0.15) is 19.3 Å². The minimum absolute atomic E-state index is 0.223. The van der Waals surface area contributed by atoms with E-state index in [1.165, 1.54) is 6.42 Å². The second-order valence-corrected chi connectivity index (χ2v) is 4.58. The maximum absolute atomic E-state index is 5.65. The van der Waals surface area contributed by atoms with Crippen molar-refractivity contribution in [1.29, 1.82) is 0 Å². The Morgan fingerprint density at radius 1 is 1.33 bits per heavy atom. The van der Waals surface area contributed by atoms with E-state index < -0.39 is 0 Å². The summed E-state index contributed by atoms with van der Waals surface area (Å²) in [5, 5.41) is 3.16. The Bertz CT molecular complexity index is 391. The molecule has 0 amide bonds. The average molecular weight is 252 g/mol. The number of anilines is 3. The van der Waals surface area contributed by atoms with Gasteiger partial charge in [-0.15, -0.1) is 0 Å². The summed E-state index contributed by atoms with van der Waals surface area (Å²) in [6.07, 6.45) is 3.68. The zero-order valence-electron chi connectivity index (χ0n) is 10.9. The zero-order chi connectivity index (χ0) is 13.0. The lowest BCUT2D eigenvalue weighted by Gasteiger charge is -2.22. The van der Waals surface area contributed by atoms with Gasteiger partial charge in [0.05, 0.1) is 6.10 Å². The Labute approximate surface area is 107 Å². The lowest BCUT2D eigenvalue weighted by Crippen LogP contribution is -2.28. The van der Waals surface area contributed by atoms with Crippen LogP contribution in [0.25, 0.3) is 0 Å². The van der Waals surface area contributed by atoms with Crippen molar-refractivity contribution in [3.63, 3.8) is 0 Å². The van der Waals surface area contributed by atoms with Crippen molar-refractivity contribution in [1.82, 2.24) is 15.0 Å². The number of nitrogens with two attached hydrogens (primary N) is 1. The van der Waals surface area contributed by atoms with E-state index >= 15 is 0 Å². The third-order valence-electron chi connectivity index (χ3n) is 2.80. The molecule has 2 rings (SSSR count). The average Bonchev–Trinajstić information content (AvgIpc) is 2.37. The normalized spacial score (nSPS) is 19.6. The van der Waals surface area contributed by atoms with Gasteiger partial charge in [-0.2, -0.15) is 15.0 Å². The molecule has 2 heterocycles. The first-order valence-corrected chi connectivity index (χ1v) is 6.19. The van der Waals surface area contributed by atoms with Crippen molar-refractivity contribution < 1.29 is 4.74 Å². The van der Waals surface area contributed by atoms with Gasteiger partial charge in [-0.3, -0.25) is 0 Å². The lowest BCUT2D eigenvalue weighted by atomic mass is 10.1. The number of nitrogens with zero attached hydrogens (tertiary/aromatic N) is 4. The van der Waals surface area contributed by atoms with Crippen molar-refractivity contribution in [2.75, 3.05) is 43.2 Å². The maximum Gasteiger partial charge on any atom is 0.231 e. The number of hydrogen-bond donors (Lipinski definition) is 2. The molecule has 18 heavy (non-hydrogen) atoms. The van der Waals surface area contributed by atoms with Crippen molar-refractivity contribution >= 4 is 17.8 Å². The highest BCUT2D eigenvalue weighted by Crippen LogP contribution is 2.14. The number of rotatable bonds is 4. The predicted octanol–water partition coefficient (Wildman–Crippen LogP) is 0.501. The molecule has 1 atom stereocenters. The quantitative estimate of drug-likeness (QED) is 0.806. The maximum atomic E-state index is 5.65. The highest BCUT2D eigenvalue weighted by Gasteiger charge is 2.14. The zero-order valence-corrected chi connectivity index (χ0v) is 10.9. The van der Waals surface area contributed by atoms with Gasteiger partial charge in [0.25, 0.3) is 0 Å². The SMILES string of the molecule is CN(C)c1nc(N)nc(NCC2CCCCO2)n1. The van der Waals surface area contributed by atoms with Crippen LogP contribution in [-0.2, 0) is 4.74 Å².